The first-order valence-corrected chi connectivity index (χ1v) is 7.06. The highest BCUT2D eigenvalue weighted by molar-refractivity contribution is 5.75. The summed E-state index contributed by atoms with van der Waals surface area (Å²) in [6, 6.07) is 5.96. The Morgan fingerprint density at radius 2 is 2.10 bits per heavy atom. The summed E-state index contributed by atoms with van der Waals surface area (Å²) in [5, 5.41) is 2.90. The van der Waals surface area contributed by atoms with Crippen LogP contribution in [0.15, 0.2) is 18.2 Å². The number of ether oxygens (including phenoxy) is 2. The zero-order valence-corrected chi connectivity index (χ0v) is 11.9. The minimum atomic E-state index is 0.0554. The Hall–Kier alpha value is -1.75. The molecule has 5 heteroatoms. The molecule has 1 amide bonds. The normalized spacial score (nSPS) is 14.7. The number of amides is 1. The molecule has 1 aromatic rings. The van der Waals surface area contributed by atoms with Crippen LogP contribution in [-0.4, -0.2) is 31.7 Å². The maximum atomic E-state index is 11.6. The highest BCUT2D eigenvalue weighted by atomic mass is 16.6. The summed E-state index contributed by atoms with van der Waals surface area (Å²) in [5.74, 6) is 1.64. The third-order valence-electron chi connectivity index (χ3n) is 3.17. The van der Waals surface area contributed by atoms with Crippen molar-refractivity contribution < 1.29 is 14.3 Å². The molecule has 1 unspecified atom stereocenters. The van der Waals surface area contributed by atoms with Crippen LogP contribution >= 0.6 is 0 Å². The maximum Gasteiger partial charge on any atom is 0.220 e. The lowest BCUT2D eigenvalue weighted by Gasteiger charge is -2.18. The number of rotatable bonds is 6. The Morgan fingerprint density at radius 1 is 1.35 bits per heavy atom. The molecule has 1 aromatic carbocycles. The molecule has 1 heterocycles. The van der Waals surface area contributed by atoms with Gasteiger partial charge in [-0.25, -0.2) is 0 Å². The SMILES string of the molecule is CC(N)CCC(=O)NCCc1ccc2c(c1)OCCO2. The molecule has 0 aromatic heterocycles. The second kappa shape index (κ2) is 7.14. The van der Waals surface area contributed by atoms with Crippen LogP contribution in [0.25, 0.3) is 0 Å². The van der Waals surface area contributed by atoms with Gasteiger partial charge < -0.3 is 20.5 Å². The van der Waals surface area contributed by atoms with Gasteiger partial charge in [-0.1, -0.05) is 6.07 Å². The van der Waals surface area contributed by atoms with Crippen molar-refractivity contribution in [2.24, 2.45) is 5.73 Å². The summed E-state index contributed by atoms with van der Waals surface area (Å²) in [5.41, 5.74) is 6.75. The van der Waals surface area contributed by atoms with E-state index in [-0.39, 0.29) is 11.9 Å². The maximum absolute atomic E-state index is 11.6. The van der Waals surface area contributed by atoms with Gasteiger partial charge in [0, 0.05) is 19.0 Å². The third-order valence-corrected chi connectivity index (χ3v) is 3.17. The number of hydrogen-bond acceptors (Lipinski definition) is 4. The van der Waals surface area contributed by atoms with E-state index in [9.17, 15) is 4.79 Å². The highest BCUT2D eigenvalue weighted by Gasteiger charge is 2.11. The van der Waals surface area contributed by atoms with Crippen LogP contribution in [0.4, 0.5) is 0 Å². The predicted molar refractivity (Wildman–Crippen MR) is 77.0 cm³/mol. The Kier molecular flexibility index (Phi) is 5.24. The third kappa shape index (κ3) is 4.42. The molecular formula is C15H22N2O3. The molecule has 0 fully saturated rings. The van der Waals surface area contributed by atoms with E-state index >= 15 is 0 Å². The molecule has 0 radical (unpaired) electrons. The summed E-state index contributed by atoms with van der Waals surface area (Å²) in [4.78, 5) is 11.6. The molecule has 1 aliphatic rings. The number of carbonyl (C=O) groups is 1. The average molecular weight is 278 g/mol. The second-order valence-corrected chi connectivity index (χ2v) is 5.09. The smallest absolute Gasteiger partial charge is 0.220 e. The fraction of sp³-hybridized carbons (Fsp3) is 0.533. The van der Waals surface area contributed by atoms with Crippen molar-refractivity contribution in [1.29, 1.82) is 0 Å². The Morgan fingerprint density at radius 3 is 2.85 bits per heavy atom. The molecule has 20 heavy (non-hydrogen) atoms. The second-order valence-electron chi connectivity index (χ2n) is 5.09. The summed E-state index contributed by atoms with van der Waals surface area (Å²) >= 11 is 0. The van der Waals surface area contributed by atoms with E-state index in [0.29, 0.717) is 26.2 Å². The number of benzene rings is 1. The van der Waals surface area contributed by atoms with Crippen LogP contribution in [0.2, 0.25) is 0 Å². The number of nitrogens with one attached hydrogen (secondary N) is 1. The number of hydrogen-bond donors (Lipinski definition) is 2. The van der Waals surface area contributed by atoms with Crippen molar-refractivity contribution >= 4 is 5.91 Å². The van der Waals surface area contributed by atoms with E-state index in [2.05, 4.69) is 5.32 Å². The fourth-order valence-electron chi connectivity index (χ4n) is 2.04. The van der Waals surface area contributed by atoms with Gasteiger partial charge in [-0.2, -0.15) is 0 Å². The van der Waals surface area contributed by atoms with E-state index in [1.165, 1.54) is 0 Å². The van der Waals surface area contributed by atoms with Crippen LogP contribution in [0.3, 0.4) is 0 Å². The molecule has 1 atom stereocenters. The van der Waals surface area contributed by atoms with Crippen LogP contribution < -0.4 is 20.5 Å². The van der Waals surface area contributed by atoms with Gasteiger partial charge in [0.05, 0.1) is 0 Å². The molecule has 0 bridgehead atoms. The van der Waals surface area contributed by atoms with Crippen molar-refractivity contribution in [3.05, 3.63) is 23.8 Å². The molecule has 0 spiro atoms. The van der Waals surface area contributed by atoms with Crippen molar-refractivity contribution in [2.45, 2.75) is 32.2 Å². The lowest BCUT2D eigenvalue weighted by Crippen LogP contribution is -2.27. The monoisotopic (exact) mass is 278 g/mol. The minimum Gasteiger partial charge on any atom is -0.486 e. The van der Waals surface area contributed by atoms with Crippen LogP contribution in [0, 0.1) is 0 Å². The molecule has 0 saturated carbocycles. The first-order chi connectivity index (χ1) is 9.65. The molecular weight excluding hydrogens is 256 g/mol. The zero-order valence-electron chi connectivity index (χ0n) is 11.9. The highest BCUT2D eigenvalue weighted by Crippen LogP contribution is 2.30. The minimum absolute atomic E-state index is 0.0554. The topological polar surface area (TPSA) is 73.6 Å². The molecule has 110 valence electrons. The predicted octanol–water partition coefficient (Wildman–Crippen LogP) is 1.24. The molecule has 2 rings (SSSR count). The van der Waals surface area contributed by atoms with E-state index in [1.807, 2.05) is 25.1 Å². The average Bonchev–Trinajstić information content (AvgIpc) is 2.45. The van der Waals surface area contributed by atoms with Crippen LogP contribution in [0.1, 0.15) is 25.3 Å². The van der Waals surface area contributed by atoms with Crippen molar-refractivity contribution in [3.63, 3.8) is 0 Å². The molecule has 5 nitrogen and oxygen atoms in total. The lowest BCUT2D eigenvalue weighted by atomic mass is 10.1. The Bertz CT molecular complexity index is 460. The van der Waals surface area contributed by atoms with Crippen molar-refractivity contribution in [2.75, 3.05) is 19.8 Å². The van der Waals surface area contributed by atoms with E-state index < -0.39 is 0 Å². The van der Waals surface area contributed by atoms with Gasteiger partial charge >= 0.3 is 0 Å². The molecule has 0 aliphatic carbocycles. The Balaban J connectivity index is 1.75. The van der Waals surface area contributed by atoms with Crippen molar-refractivity contribution in [3.8, 4) is 11.5 Å². The van der Waals surface area contributed by atoms with Gasteiger partial charge in [0.1, 0.15) is 13.2 Å². The molecule has 0 saturated heterocycles. The summed E-state index contributed by atoms with van der Waals surface area (Å²) in [6.07, 6.45) is 1.98. The van der Waals surface area contributed by atoms with E-state index in [4.69, 9.17) is 15.2 Å². The van der Waals surface area contributed by atoms with Crippen LogP contribution in [0.5, 0.6) is 11.5 Å². The van der Waals surface area contributed by atoms with Crippen LogP contribution in [-0.2, 0) is 11.2 Å². The first kappa shape index (κ1) is 14.7. The number of fused-ring (bicyclic) bond motifs is 1. The Labute approximate surface area is 119 Å². The van der Waals surface area contributed by atoms with Gasteiger partial charge in [0.15, 0.2) is 11.5 Å². The molecule has 3 N–H and O–H groups in total. The van der Waals surface area contributed by atoms with Gasteiger partial charge in [-0.15, -0.1) is 0 Å². The lowest BCUT2D eigenvalue weighted by molar-refractivity contribution is -0.121. The van der Waals surface area contributed by atoms with Gasteiger partial charge in [0.2, 0.25) is 5.91 Å². The summed E-state index contributed by atoms with van der Waals surface area (Å²) < 4.78 is 11.0. The quantitative estimate of drug-likeness (QED) is 0.821. The standard InChI is InChI=1S/C15H22N2O3/c1-11(16)2-5-15(18)17-7-6-12-3-4-13-14(10-12)20-9-8-19-13/h3-4,10-11H,2,5-9,16H2,1H3,(H,17,18). The summed E-state index contributed by atoms with van der Waals surface area (Å²) in [6.45, 7) is 3.71. The van der Waals surface area contributed by atoms with Gasteiger partial charge in [-0.05, 0) is 37.5 Å². The molecule has 1 aliphatic heterocycles. The largest absolute Gasteiger partial charge is 0.486 e. The fourth-order valence-corrected chi connectivity index (χ4v) is 2.04. The zero-order chi connectivity index (χ0) is 14.4. The summed E-state index contributed by atoms with van der Waals surface area (Å²) in [7, 11) is 0. The van der Waals surface area contributed by atoms with Gasteiger partial charge in [0.25, 0.3) is 0 Å². The van der Waals surface area contributed by atoms with Crippen molar-refractivity contribution in [1.82, 2.24) is 5.32 Å². The van der Waals surface area contributed by atoms with E-state index in [1.54, 1.807) is 0 Å². The number of carbonyl (C=O) groups excluding carboxylic acids is 1. The van der Waals surface area contributed by atoms with Gasteiger partial charge in [-0.3, -0.25) is 4.79 Å². The number of nitrogens with two attached hydrogens (primary N) is 1. The first-order valence-electron chi connectivity index (χ1n) is 7.06. The van der Waals surface area contributed by atoms with E-state index in [0.717, 1.165) is 29.9 Å².